The van der Waals surface area contributed by atoms with Gasteiger partial charge >= 0.3 is 11.9 Å². The quantitative estimate of drug-likeness (QED) is 0.552. The van der Waals surface area contributed by atoms with Gasteiger partial charge in [0.15, 0.2) is 0 Å². The topological polar surface area (TPSA) is 124 Å². The molecule has 0 radical (unpaired) electrons. The van der Waals surface area contributed by atoms with E-state index in [0.29, 0.717) is 5.56 Å². The lowest BCUT2D eigenvalue weighted by molar-refractivity contribution is -0.142. The van der Waals surface area contributed by atoms with Crippen molar-refractivity contribution >= 4 is 23.9 Å². The molecule has 0 spiro atoms. The smallest absolute Gasteiger partial charge is 0.326 e. The van der Waals surface area contributed by atoms with Crippen LogP contribution in [0.1, 0.15) is 18.4 Å². The first-order valence-corrected chi connectivity index (χ1v) is 6.10. The lowest BCUT2D eigenvalue weighted by Gasteiger charge is -2.11. The van der Waals surface area contributed by atoms with Gasteiger partial charge in [-0.2, -0.15) is 0 Å². The van der Waals surface area contributed by atoms with Gasteiger partial charge in [-0.3, -0.25) is 9.59 Å². The number of hydrogen-bond acceptors (Lipinski definition) is 4. The number of benzene rings is 1. The van der Waals surface area contributed by atoms with Crippen LogP contribution in [-0.2, 0) is 14.4 Å². The SMILES string of the molecule is O=C(O)CC[C@H](NC(=O)/C=C\c1ccc(O)cc1)C(=O)O. The van der Waals surface area contributed by atoms with Gasteiger partial charge in [0.1, 0.15) is 11.8 Å². The molecule has 21 heavy (non-hydrogen) atoms. The van der Waals surface area contributed by atoms with Crippen LogP contribution in [0.25, 0.3) is 6.08 Å². The highest BCUT2D eigenvalue weighted by Gasteiger charge is 2.19. The molecule has 0 unspecified atom stereocenters. The number of rotatable bonds is 7. The number of phenolic OH excluding ortho intramolecular Hbond substituents is 1. The molecule has 0 bridgehead atoms. The van der Waals surface area contributed by atoms with Crippen LogP contribution < -0.4 is 5.32 Å². The average Bonchev–Trinajstić information content (AvgIpc) is 2.42. The number of carboxylic acid groups (broad SMARTS) is 2. The zero-order valence-electron chi connectivity index (χ0n) is 11.0. The number of aliphatic carboxylic acids is 2. The predicted molar refractivity (Wildman–Crippen MR) is 73.6 cm³/mol. The van der Waals surface area contributed by atoms with Gasteiger partial charge in [0.2, 0.25) is 5.91 Å². The van der Waals surface area contributed by atoms with Gasteiger partial charge in [0.05, 0.1) is 0 Å². The summed E-state index contributed by atoms with van der Waals surface area (Å²) in [4.78, 5) is 32.9. The summed E-state index contributed by atoms with van der Waals surface area (Å²) in [6.45, 7) is 0. The second-order valence-corrected chi connectivity index (χ2v) is 4.26. The van der Waals surface area contributed by atoms with Crippen LogP contribution >= 0.6 is 0 Å². The summed E-state index contributed by atoms with van der Waals surface area (Å²) in [6, 6.07) is 4.81. The highest BCUT2D eigenvalue weighted by Crippen LogP contribution is 2.10. The minimum absolute atomic E-state index is 0.0937. The van der Waals surface area contributed by atoms with Gasteiger partial charge in [-0.15, -0.1) is 0 Å². The maximum Gasteiger partial charge on any atom is 0.326 e. The number of carbonyl (C=O) groups excluding carboxylic acids is 1. The molecule has 0 fully saturated rings. The van der Waals surface area contributed by atoms with Crippen molar-refractivity contribution < 1.29 is 29.7 Å². The Labute approximate surface area is 120 Å². The van der Waals surface area contributed by atoms with Crippen LogP contribution in [0.5, 0.6) is 5.75 Å². The molecule has 112 valence electrons. The van der Waals surface area contributed by atoms with E-state index < -0.39 is 23.9 Å². The molecule has 0 aliphatic heterocycles. The predicted octanol–water partition coefficient (Wildman–Crippen LogP) is 0.840. The Morgan fingerprint density at radius 3 is 2.29 bits per heavy atom. The molecule has 0 aliphatic carbocycles. The van der Waals surface area contributed by atoms with Crippen LogP contribution in [0.3, 0.4) is 0 Å². The third kappa shape index (κ3) is 6.24. The van der Waals surface area contributed by atoms with Crippen LogP contribution in [0.15, 0.2) is 30.3 Å². The second-order valence-electron chi connectivity index (χ2n) is 4.26. The van der Waals surface area contributed by atoms with Crippen molar-refractivity contribution in [2.24, 2.45) is 0 Å². The lowest BCUT2D eigenvalue weighted by Crippen LogP contribution is -2.40. The summed E-state index contributed by atoms with van der Waals surface area (Å²) in [5, 5.41) is 28.7. The summed E-state index contributed by atoms with van der Waals surface area (Å²) in [5.74, 6) is -2.96. The highest BCUT2D eigenvalue weighted by atomic mass is 16.4. The summed E-state index contributed by atoms with van der Waals surface area (Å²) in [5.41, 5.74) is 0.653. The van der Waals surface area contributed by atoms with E-state index in [4.69, 9.17) is 15.3 Å². The van der Waals surface area contributed by atoms with Gasteiger partial charge in [-0.1, -0.05) is 12.1 Å². The third-order valence-electron chi connectivity index (χ3n) is 2.58. The van der Waals surface area contributed by atoms with Crippen molar-refractivity contribution in [1.29, 1.82) is 0 Å². The standard InChI is InChI=1S/C14H15NO6/c16-10-4-1-9(2-5-10)3-7-12(17)15-11(14(20)21)6-8-13(18)19/h1-5,7,11,16H,6,8H2,(H,15,17)(H,18,19)(H,20,21)/b7-3-/t11-/m0/s1. The number of aromatic hydroxyl groups is 1. The number of hydrogen-bond donors (Lipinski definition) is 4. The second kappa shape index (κ2) is 7.68. The Balaban J connectivity index is 2.59. The molecule has 4 N–H and O–H groups in total. The van der Waals surface area contributed by atoms with Crippen molar-refractivity contribution in [2.75, 3.05) is 0 Å². The lowest BCUT2D eigenvalue weighted by atomic mass is 10.1. The van der Waals surface area contributed by atoms with E-state index in [2.05, 4.69) is 5.32 Å². The van der Waals surface area contributed by atoms with Crippen LogP contribution in [0.4, 0.5) is 0 Å². The summed E-state index contributed by atoms with van der Waals surface area (Å²) in [7, 11) is 0. The largest absolute Gasteiger partial charge is 0.508 e. The summed E-state index contributed by atoms with van der Waals surface area (Å²) in [6.07, 6.45) is 2.05. The monoisotopic (exact) mass is 293 g/mol. The molecule has 1 aromatic carbocycles. The van der Waals surface area contributed by atoms with Crippen molar-refractivity contribution in [2.45, 2.75) is 18.9 Å². The van der Waals surface area contributed by atoms with Crippen LogP contribution in [-0.4, -0.2) is 39.2 Å². The molecule has 1 aromatic rings. The molecule has 1 atom stereocenters. The molecule has 0 aromatic heterocycles. The molecule has 0 heterocycles. The maximum atomic E-state index is 11.6. The summed E-state index contributed by atoms with van der Waals surface area (Å²) >= 11 is 0. The molecular weight excluding hydrogens is 278 g/mol. The fourth-order valence-electron chi connectivity index (χ4n) is 1.50. The van der Waals surface area contributed by atoms with Crippen molar-refractivity contribution in [3.63, 3.8) is 0 Å². The first kappa shape index (κ1) is 16.2. The first-order valence-electron chi connectivity index (χ1n) is 6.10. The van der Waals surface area contributed by atoms with Crippen LogP contribution in [0, 0.1) is 0 Å². The van der Waals surface area contributed by atoms with Gasteiger partial charge < -0.3 is 20.6 Å². The van der Waals surface area contributed by atoms with E-state index in [9.17, 15) is 14.4 Å². The number of carbonyl (C=O) groups is 3. The van der Waals surface area contributed by atoms with Crippen molar-refractivity contribution in [3.05, 3.63) is 35.9 Å². The zero-order valence-corrected chi connectivity index (χ0v) is 11.0. The number of phenols is 1. The number of carboxylic acids is 2. The minimum atomic E-state index is -1.29. The Kier molecular flexibility index (Phi) is 5.94. The number of nitrogens with one attached hydrogen (secondary N) is 1. The molecule has 0 saturated heterocycles. The third-order valence-corrected chi connectivity index (χ3v) is 2.58. The van der Waals surface area contributed by atoms with Crippen molar-refractivity contribution in [1.82, 2.24) is 5.32 Å². The van der Waals surface area contributed by atoms with Crippen LogP contribution in [0.2, 0.25) is 0 Å². The minimum Gasteiger partial charge on any atom is -0.508 e. The van der Waals surface area contributed by atoms with Gasteiger partial charge in [0, 0.05) is 12.5 Å². The highest BCUT2D eigenvalue weighted by molar-refractivity contribution is 5.94. The summed E-state index contributed by atoms with van der Waals surface area (Å²) < 4.78 is 0. The van der Waals surface area contributed by atoms with Gasteiger partial charge in [-0.25, -0.2) is 4.79 Å². The fraction of sp³-hybridized carbons (Fsp3) is 0.214. The Morgan fingerprint density at radius 1 is 1.14 bits per heavy atom. The molecule has 1 amide bonds. The zero-order chi connectivity index (χ0) is 15.8. The molecule has 0 saturated carbocycles. The molecular formula is C14H15NO6. The van der Waals surface area contributed by atoms with E-state index in [1.807, 2.05) is 0 Å². The first-order chi connectivity index (χ1) is 9.88. The average molecular weight is 293 g/mol. The van der Waals surface area contributed by atoms with Crippen molar-refractivity contribution in [3.8, 4) is 5.75 Å². The maximum absolute atomic E-state index is 11.6. The van der Waals surface area contributed by atoms with E-state index in [0.717, 1.165) is 6.08 Å². The Bertz CT molecular complexity index is 549. The molecule has 7 heteroatoms. The van der Waals surface area contributed by atoms with E-state index >= 15 is 0 Å². The van der Waals surface area contributed by atoms with Gasteiger partial charge in [-0.05, 0) is 30.2 Å². The molecule has 1 rings (SSSR count). The van der Waals surface area contributed by atoms with E-state index in [-0.39, 0.29) is 18.6 Å². The number of amides is 1. The normalized spacial score (nSPS) is 12.0. The molecule has 0 aliphatic rings. The Hall–Kier alpha value is -2.83. The van der Waals surface area contributed by atoms with E-state index in [1.165, 1.54) is 18.2 Å². The fourth-order valence-corrected chi connectivity index (χ4v) is 1.50. The molecule has 7 nitrogen and oxygen atoms in total. The van der Waals surface area contributed by atoms with E-state index in [1.54, 1.807) is 12.1 Å². The Morgan fingerprint density at radius 2 is 1.76 bits per heavy atom. The van der Waals surface area contributed by atoms with Gasteiger partial charge in [0.25, 0.3) is 0 Å².